The van der Waals surface area contributed by atoms with Gasteiger partial charge >= 0.3 is 5.63 Å². The lowest BCUT2D eigenvalue weighted by Gasteiger charge is -2.07. The topological polar surface area (TPSA) is 57.3 Å². The average molecular weight is 390 g/mol. The summed E-state index contributed by atoms with van der Waals surface area (Å²) < 4.78 is 13.2. The Morgan fingerprint density at radius 3 is 2.62 bits per heavy atom. The molecule has 29 heavy (non-hydrogen) atoms. The fourth-order valence-corrected chi connectivity index (χ4v) is 3.60. The number of ether oxygens (including phenoxy) is 1. The zero-order valence-corrected chi connectivity index (χ0v) is 16.5. The molecule has 4 aromatic rings. The maximum atomic E-state index is 11.3. The van der Waals surface area contributed by atoms with E-state index in [0.29, 0.717) is 12.2 Å². The van der Waals surface area contributed by atoms with Crippen LogP contribution in [0.2, 0.25) is 0 Å². The number of hydrogen-bond acceptors (Lipinski definition) is 4. The van der Waals surface area contributed by atoms with Crippen molar-refractivity contribution in [1.29, 1.82) is 0 Å². The summed E-state index contributed by atoms with van der Waals surface area (Å²) in [5.74, 6) is 0.749. The van der Waals surface area contributed by atoms with Crippen LogP contribution >= 0.6 is 0 Å². The van der Waals surface area contributed by atoms with Crippen molar-refractivity contribution >= 4 is 22.0 Å². The van der Waals surface area contributed by atoms with Crippen molar-refractivity contribution < 1.29 is 9.15 Å². The monoisotopic (exact) mass is 390 g/mol. The summed E-state index contributed by atoms with van der Waals surface area (Å²) in [6.45, 7) is 1.71. The zero-order chi connectivity index (χ0) is 19.9. The van der Waals surface area contributed by atoms with E-state index in [-0.39, 0.29) is 5.63 Å². The molecule has 0 aliphatic heterocycles. The summed E-state index contributed by atoms with van der Waals surface area (Å²) in [7, 11) is 0. The van der Waals surface area contributed by atoms with Crippen molar-refractivity contribution in [2.45, 2.75) is 45.1 Å². The molecule has 2 heterocycles. The second kappa shape index (κ2) is 9.41. The zero-order valence-electron chi connectivity index (χ0n) is 16.5. The third-order valence-corrected chi connectivity index (χ3v) is 5.18. The molecule has 0 aliphatic rings. The smallest absolute Gasteiger partial charge is 0.336 e. The molecule has 5 heteroatoms. The van der Waals surface area contributed by atoms with E-state index in [1.165, 1.54) is 37.3 Å². The van der Waals surface area contributed by atoms with Crippen molar-refractivity contribution in [3.63, 3.8) is 0 Å². The highest BCUT2D eigenvalue weighted by atomic mass is 16.5. The number of imidazole rings is 1. The summed E-state index contributed by atoms with van der Waals surface area (Å²) in [5, 5.41) is 0.903. The van der Waals surface area contributed by atoms with Crippen LogP contribution in [0.3, 0.4) is 0 Å². The van der Waals surface area contributed by atoms with Gasteiger partial charge in [-0.1, -0.05) is 37.8 Å². The molecule has 0 fully saturated rings. The van der Waals surface area contributed by atoms with Crippen LogP contribution in [0.1, 0.15) is 38.5 Å². The van der Waals surface area contributed by atoms with Crippen LogP contribution in [-0.2, 0) is 6.54 Å². The molecule has 0 bridgehead atoms. The summed E-state index contributed by atoms with van der Waals surface area (Å²) >= 11 is 0. The Balaban J connectivity index is 1.10. The van der Waals surface area contributed by atoms with Gasteiger partial charge in [-0.25, -0.2) is 9.78 Å². The highest BCUT2D eigenvalue weighted by Gasteiger charge is 2.02. The minimum Gasteiger partial charge on any atom is -0.493 e. The number of hydrogen-bond donors (Lipinski definition) is 0. The predicted octanol–water partition coefficient (Wildman–Crippen LogP) is 5.56. The normalized spacial score (nSPS) is 11.3. The molecule has 0 N–H and O–H groups in total. The first-order chi connectivity index (χ1) is 14.3. The molecule has 0 aliphatic carbocycles. The molecule has 5 nitrogen and oxygen atoms in total. The number of rotatable bonds is 10. The molecule has 150 valence electrons. The van der Waals surface area contributed by atoms with Gasteiger partial charge in [0, 0.05) is 24.1 Å². The number of fused-ring (bicyclic) bond motifs is 2. The van der Waals surface area contributed by atoms with Gasteiger partial charge < -0.3 is 13.7 Å². The molecular formula is C24H26N2O3. The molecule has 0 unspecified atom stereocenters. The quantitative estimate of drug-likeness (QED) is 0.263. The first-order valence-electron chi connectivity index (χ1n) is 10.4. The lowest BCUT2D eigenvalue weighted by atomic mass is 10.1. The maximum absolute atomic E-state index is 11.3. The summed E-state index contributed by atoms with van der Waals surface area (Å²) in [5.41, 5.74) is 2.52. The third-order valence-electron chi connectivity index (χ3n) is 5.18. The van der Waals surface area contributed by atoms with Crippen LogP contribution in [0.5, 0.6) is 5.75 Å². The van der Waals surface area contributed by atoms with E-state index in [1.807, 2.05) is 24.5 Å². The Morgan fingerprint density at radius 2 is 1.69 bits per heavy atom. The van der Waals surface area contributed by atoms with Crippen molar-refractivity contribution in [3.8, 4) is 5.75 Å². The SMILES string of the molecule is O=c1ccc2ccc(OCCCCCCCCn3cnc4ccccc43)cc2o1. The van der Waals surface area contributed by atoms with Crippen LogP contribution in [0.25, 0.3) is 22.0 Å². The highest BCUT2D eigenvalue weighted by Crippen LogP contribution is 2.20. The van der Waals surface area contributed by atoms with E-state index in [2.05, 4.69) is 27.8 Å². The molecule has 0 atom stereocenters. The molecule has 2 aromatic heterocycles. The third kappa shape index (κ3) is 5.05. The number of nitrogens with zero attached hydrogens (tertiary/aromatic N) is 2. The largest absolute Gasteiger partial charge is 0.493 e. The van der Waals surface area contributed by atoms with Gasteiger partial charge in [-0.2, -0.15) is 0 Å². The van der Waals surface area contributed by atoms with E-state index in [9.17, 15) is 4.79 Å². The van der Waals surface area contributed by atoms with Gasteiger partial charge in [0.05, 0.1) is 24.0 Å². The lowest BCUT2D eigenvalue weighted by Crippen LogP contribution is -1.99. The Bertz CT molecular complexity index is 1130. The maximum Gasteiger partial charge on any atom is 0.336 e. The standard InChI is InChI=1S/C24H26N2O3/c27-24-14-12-19-11-13-20(17-23(19)29-24)28-16-8-4-2-1-3-7-15-26-18-25-21-9-5-6-10-22(21)26/h5-6,9-14,17-18H,1-4,7-8,15-16H2. The van der Waals surface area contributed by atoms with E-state index in [4.69, 9.17) is 9.15 Å². The Labute approximate surface area is 169 Å². The molecule has 0 amide bonds. The van der Waals surface area contributed by atoms with Gasteiger partial charge in [0.15, 0.2) is 0 Å². The second-order valence-corrected chi connectivity index (χ2v) is 7.35. The van der Waals surface area contributed by atoms with Gasteiger partial charge in [-0.15, -0.1) is 0 Å². The van der Waals surface area contributed by atoms with E-state index >= 15 is 0 Å². The lowest BCUT2D eigenvalue weighted by molar-refractivity contribution is 0.304. The number of para-hydroxylation sites is 2. The first kappa shape index (κ1) is 19.2. The number of benzene rings is 2. The molecule has 0 spiro atoms. The summed E-state index contributed by atoms with van der Waals surface area (Å²) in [6.07, 6.45) is 9.02. The van der Waals surface area contributed by atoms with Crippen LogP contribution < -0.4 is 10.4 Å². The van der Waals surface area contributed by atoms with Gasteiger partial charge in [0.1, 0.15) is 11.3 Å². The van der Waals surface area contributed by atoms with Crippen molar-refractivity contribution in [3.05, 3.63) is 71.3 Å². The molecule has 0 saturated carbocycles. The molecular weight excluding hydrogens is 364 g/mol. The molecule has 0 radical (unpaired) electrons. The van der Waals surface area contributed by atoms with Crippen LogP contribution in [-0.4, -0.2) is 16.2 Å². The van der Waals surface area contributed by atoms with Crippen LogP contribution in [0.4, 0.5) is 0 Å². The predicted molar refractivity (Wildman–Crippen MR) is 115 cm³/mol. The van der Waals surface area contributed by atoms with E-state index in [1.54, 1.807) is 12.1 Å². The Hall–Kier alpha value is -3.08. The molecule has 2 aromatic carbocycles. The van der Waals surface area contributed by atoms with Gasteiger partial charge in [-0.3, -0.25) is 0 Å². The minimum absolute atomic E-state index is 0.337. The van der Waals surface area contributed by atoms with E-state index in [0.717, 1.165) is 36.0 Å². The Kier molecular flexibility index (Phi) is 6.25. The van der Waals surface area contributed by atoms with Crippen LogP contribution in [0, 0.1) is 0 Å². The minimum atomic E-state index is -0.337. The van der Waals surface area contributed by atoms with Crippen molar-refractivity contribution in [1.82, 2.24) is 9.55 Å². The number of unbranched alkanes of at least 4 members (excludes halogenated alkanes) is 5. The number of aryl methyl sites for hydroxylation is 1. The van der Waals surface area contributed by atoms with Gasteiger partial charge in [0.25, 0.3) is 0 Å². The van der Waals surface area contributed by atoms with E-state index < -0.39 is 0 Å². The highest BCUT2D eigenvalue weighted by molar-refractivity contribution is 5.77. The van der Waals surface area contributed by atoms with Gasteiger partial charge in [-0.05, 0) is 43.2 Å². The fraction of sp³-hybridized carbons (Fsp3) is 0.333. The van der Waals surface area contributed by atoms with Crippen LogP contribution in [0.15, 0.2) is 70.1 Å². The van der Waals surface area contributed by atoms with Gasteiger partial charge in [0.2, 0.25) is 0 Å². The molecule has 4 rings (SSSR count). The van der Waals surface area contributed by atoms with Crippen molar-refractivity contribution in [2.75, 3.05) is 6.61 Å². The first-order valence-corrected chi connectivity index (χ1v) is 10.4. The van der Waals surface area contributed by atoms with Crippen molar-refractivity contribution in [2.24, 2.45) is 0 Å². The summed E-state index contributed by atoms with van der Waals surface area (Å²) in [6, 6.07) is 17.1. The summed E-state index contributed by atoms with van der Waals surface area (Å²) in [4.78, 5) is 15.8. The number of aromatic nitrogens is 2. The molecule has 0 saturated heterocycles. The Morgan fingerprint density at radius 1 is 0.897 bits per heavy atom. The fourth-order valence-electron chi connectivity index (χ4n) is 3.60. The average Bonchev–Trinajstić information content (AvgIpc) is 3.15. The second-order valence-electron chi connectivity index (χ2n) is 7.35.